The van der Waals surface area contributed by atoms with Gasteiger partial charge in [-0.2, -0.15) is 11.8 Å². The first-order chi connectivity index (χ1) is 25.7. The Balaban J connectivity index is 0.000000827. The van der Waals surface area contributed by atoms with E-state index in [1.165, 1.54) is 64.2 Å². The summed E-state index contributed by atoms with van der Waals surface area (Å²) in [4.78, 5) is 27.6. The van der Waals surface area contributed by atoms with Crippen molar-refractivity contribution < 1.29 is 27.9 Å². The number of likely N-dealkylation sites (tertiary alicyclic amines) is 1. The lowest BCUT2D eigenvalue weighted by Gasteiger charge is -2.24. The van der Waals surface area contributed by atoms with E-state index >= 15 is 0 Å². The molecule has 4 unspecified atom stereocenters. The van der Waals surface area contributed by atoms with Crippen LogP contribution in [0.3, 0.4) is 0 Å². The molecular weight excluding hydrogens is 717 g/mol. The molecule has 0 radical (unpaired) electrons. The number of hydrogen-bond donors (Lipinski definition) is 2. The van der Waals surface area contributed by atoms with Gasteiger partial charge in [-0.3, -0.25) is 9.69 Å². The Morgan fingerprint density at radius 3 is 2.17 bits per heavy atom. The summed E-state index contributed by atoms with van der Waals surface area (Å²) in [5, 5.41) is 13.9. The largest absolute Gasteiger partial charge is 0.480 e. The van der Waals surface area contributed by atoms with Crippen molar-refractivity contribution in [1.29, 1.82) is 0 Å². The third kappa shape index (κ3) is 19.5. The Bertz CT molecular complexity index is 1460. The number of methoxy groups -OCH3 is 1. The zero-order chi connectivity index (χ0) is 40.7. The fourth-order valence-electron chi connectivity index (χ4n) is 7.18. The van der Waals surface area contributed by atoms with Crippen LogP contribution in [0.5, 0.6) is 0 Å². The number of carboxylic acids is 1. The van der Waals surface area contributed by atoms with Crippen molar-refractivity contribution in [2.75, 3.05) is 39.3 Å². The highest BCUT2D eigenvalue weighted by Gasteiger charge is 2.27. The lowest BCUT2D eigenvalue weighted by molar-refractivity contribution is -0.139. The molecule has 54 heavy (non-hydrogen) atoms. The highest BCUT2D eigenvalue weighted by molar-refractivity contribution is 8.00. The van der Waals surface area contributed by atoms with Gasteiger partial charge in [-0.25, -0.2) is 13.2 Å². The number of aliphatic carboxylic acids is 1. The van der Waals surface area contributed by atoms with E-state index in [0.29, 0.717) is 5.56 Å². The monoisotopic (exact) mass is 790 g/mol. The molecule has 0 aromatic heterocycles. The van der Waals surface area contributed by atoms with Gasteiger partial charge in [0.25, 0.3) is 5.91 Å². The number of nitrogens with zero attached hydrogens (tertiary/aromatic N) is 1. The number of thioether (sulfide) groups is 1. The van der Waals surface area contributed by atoms with Gasteiger partial charge in [0.05, 0.1) is 5.75 Å². The van der Waals surface area contributed by atoms with Crippen molar-refractivity contribution in [3.05, 3.63) is 59.2 Å². The average Bonchev–Trinajstić information content (AvgIpc) is 3.57. The molecule has 4 atom stereocenters. The number of carbonyl (C=O) groups is 2. The van der Waals surface area contributed by atoms with E-state index in [1.807, 2.05) is 51.1 Å². The lowest BCUT2D eigenvalue weighted by Crippen LogP contribution is -2.42. The molecule has 1 aliphatic heterocycles. The first kappa shape index (κ1) is 49.6. The van der Waals surface area contributed by atoms with E-state index in [9.17, 15) is 23.1 Å². The highest BCUT2D eigenvalue weighted by Crippen LogP contribution is 2.34. The summed E-state index contributed by atoms with van der Waals surface area (Å²) in [5.74, 6) is -0.437. The molecule has 1 heterocycles. The standard InChI is InChI=1S/C31H42N2O5S.C9H20S.C2H6O.C2H6/c1-22-8-6-7-11-26(22)28-19-24(20-33-16-14-25(21-33)18-23-9-4-3-5-10-23)12-13-27(28)30(34)32-29(31(35)36)15-17-39(2,37)38;1-5-7-9(4)10-8(3)6-2;1-3-2;1-2/h6-8,11-13,19,23,25,29H,3-5,9-10,14-18,20-21H2,1-2H3,(H,32,34)(H,35,36);8-9H,5-7H2,1-4H3;1-2H3;1-2H3. The van der Waals surface area contributed by atoms with Crippen LogP contribution in [0.4, 0.5) is 0 Å². The van der Waals surface area contributed by atoms with Crippen LogP contribution in [0.25, 0.3) is 11.1 Å². The van der Waals surface area contributed by atoms with Crippen molar-refractivity contribution >= 4 is 33.5 Å². The zero-order valence-corrected chi connectivity index (χ0v) is 36.9. The van der Waals surface area contributed by atoms with E-state index in [4.69, 9.17) is 0 Å². The lowest BCUT2D eigenvalue weighted by atomic mass is 9.82. The number of amides is 1. The van der Waals surface area contributed by atoms with Gasteiger partial charge >= 0.3 is 5.97 Å². The van der Waals surface area contributed by atoms with Gasteiger partial charge in [0, 0.05) is 49.6 Å². The molecule has 1 saturated carbocycles. The number of aryl methyl sites for hydroxylation is 1. The van der Waals surface area contributed by atoms with Gasteiger partial charge in [0.2, 0.25) is 0 Å². The molecule has 2 aromatic rings. The van der Waals surface area contributed by atoms with E-state index in [2.05, 4.69) is 60.5 Å². The van der Waals surface area contributed by atoms with Crippen molar-refractivity contribution in [3.8, 4) is 11.1 Å². The molecule has 0 bridgehead atoms. The molecule has 8 nitrogen and oxygen atoms in total. The first-order valence-corrected chi connectivity index (χ1v) is 23.4. The fourth-order valence-corrected chi connectivity index (χ4v) is 9.20. The van der Waals surface area contributed by atoms with Crippen LogP contribution in [0.1, 0.15) is 134 Å². The van der Waals surface area contributed by atoms with E-state index < -0.39 is 27.8 Å². The third-order valence-corrected chi connectivity index (χ3v) is 12.5. The molecule has 1 saturated heterocycles. The zero-order valence-electron chi connectivity index (χ0n) is 35.3. The number of rotatable bonds is 16. The molecule has 4 rings (SSSR count). The van der Waals surface area contributed by atoms with Gasteiger partial charge in [-0.1, -0.05) is 110 Å². The summed E-state index contributed by atoms with van der Waals surface area (Å²) in [5.41, 5.74) is 4.20. The van der Waals surface area contributed by atoms with Gasteiger partial charge in [0.15, 0.2) is 0 Å². The second kappa shape index (κ2) is 27.2. The maximum atomic E-state index is 13.3. The van der Waals surface area contributed by atoms with Crippen molar-refractivity contribution in [2.45, 2.75) is 142 Å². The molecule has 308 valence electrons. The topological polar surface area (TPSA) is 113 Å². The first-order valence-electron chi connectivity index (χ1n) is 20.4. The molecule has 0 spiro atoms. The Morgan fingerprint density at radius 1 is 0.944 bits per heavy atom. The predicted octanol–water partition coefficient (Wildman–Crippen LogP) is 10.1. The number of sulfone groups is 1. The van der Waals surface area contributed by atoms with Crippen LogP contribution in [-0.4, -0.2) is 86.2 Å². The Labute approximate surface area is 333 Å². The van der Waals surface area contributed by atoms with Crippen LogP contribution < -0.4 is 5.32 Å². The number of hydrogen-bond acceptors (Lipinski definition) is 7. The minimum absolute atomic E-state index is 0.186. The van der Waals surface area contributed by atoms with E-state index in [0.717, 1.165) is 70.5 Å². The van der Waals surface area contributed by atoms with Crippen LogP contribution in [0.2, 0.25) is 0 Å². The number of benzene rings is 2. The molecule has 2 aromatic carbocycles. The molecule has 2 aliphatic rings. The summed E-state index contributed by atoms with van der Waals surface area (Å²) in [7, 11) is -0.109. The molecule has 2 fully saturated rings. The summed E-state index contributed by atoms with van der Waals surface area (Å²) in [6.07, 6.45) is 14.4. The van der Waals surface area contributed by atoms with E-state index in [1.54, 1.807) is 20.3 Å². The van der Waals surface area contributed by atoms with Crippen LogP contribution in [-0.2, 0) is 25.9 Å². The second-order valence-electron chi connectivity index (χ2n) is 15.0. The minimum atomic E-state index is -3.36. The summed E-state index contributed by atoms with van der Waals surface area (Å²) in [6.45, 7) is 18.2. The maximum absolute atomic E-state index is 13.3. The van der Waals surface area contributed by atoms with Crippen LogP contribution in [0, 0.1) is 18.8 Å². The fraction of sp³-hybridized carbons (Fsp3) is 0.682. The normalized spacial score (nSPS) is 17.7. The summed E-state index contributed by atoms with van der Waals surface area (Å²) in [6, 6.07) is 12.3. The van der Waals surface area contributed by atoms with Gasteiger partial charge in [-0.15, -0.1) is 0 Å². The van der Waals surface area contributed by atoms with Crippen LogP contribution in [0.15, 0.2) is 42.5 Å². The van der Waals surface area contributed by atoms with Crippen LogP contribution >= 0.6 is 11.8 Å². The minimum Gasteiger partial charge on any atom is -0.480 e. The molecular formula is C44H74N2O6S2. The average molecular weight is 791 g/mol. The molecule has 1 amide bonds. The Hall–Kier alpha value is -2.40. The third-order valence-electron chi connectivity index (χ3n) is 10.0. The van der Waals surface area contributed by atoms with Crippen molar-refractivity contribution in [3.63, 3.8) is 0 Å². The second-order valence-corrected chi connectivity index (χ2v) is 19.1. The Morgan fingerprint density at radius 2 is 1.59 bits per heavy atom. The number of carbonyl (C=O) groups excluding carboxylic acids is 1. The number of ether oxygens (including phenoxy) is 1. The quantitative estimate of drug-likeness (QED) is 0.173. The number of carboxylic acid groups (broad SMARTS) is 1. The van der Waals surface area contributed by atoms with E-state index in [-0.39, 0.29) is 12.2 Å². The van der Waals surface area contributed by atoms with Gasteiger partial charge < -0.3 is 15.2 Å². The Kier molecular flexibility index (Phi) is 25.0. The molecule has 1 aliphatic carbocycles. The summed E-state index contributed by atoms with van der Waals surface area (Å²) < 4.78 is 27.4. The number of nitrogens with one attached hydrogen (secondary N) is 1. The van der Waals surface area contributed by atoms with Crippen molar-refractivity contribution in [2.24, 2.45) is 11.8 Å². The van der Waals surface area contributed by atoms with Crippen molar-refractivity contribution in [1.82, 2.24) is 10.2 Å². The smallest absolute Gasteiger partial charge is 0.326 e. The summed E-state index contributed by atoms with van der Waals surface area (Å²) >= 11 is 2.12. The predicted molar refractivity (Wildman–Crippen MR) is 230 cm³/mol. The highest BCUT2D eigenvalue weighted by atomic mass is 32.2. The molecule has 2 N–H and O–H groups in total. The van der Waals surface area contributed by atoms with Gasteiger partial charge in [0.1, 0.15) is 15.9 Å². The maximum Gasteiger partial charge on any atom is 0.326 e. The SMILES string of the molecule is CC.CCCC(C)SC(C)CC.COC.Cc1ccccc1-c1cc(CN2CCC(CC3CCCCC3)C2)ccc1C(=O)NC(CCS(C)(=O)=O)C(=O)O. The molecule has 10 heteroatoms. The van der Waals surface area contributed by atoms with Gasteiger partial charge in [-0.05, 0) is 91.8 Å².